The fourth-order valence-corrected chi connectivity index (χ4v) is 1.53. The van der Waals surface area contributed by atoms with E-state index in [1.807, 2.05) is 24.3 Å². The second-order valence-corrected chi connectivity index (χ2v) is 3.86. The summed E-state index contributed by atoms with van der Waals surface area (Å²) in [7, 11) is 0. The summed E-state index contributed by atoms with van der Waals surface area (Å²) < 4.78 is 4.85. The Labute approximate surface area is 101 Å². The lowest BCUT2D eigenvalue weighted by Gasteiger charge is -2.06. The summed E-state index contributed by atoms with van der Waals surface area (Å²) in [4.78, 5) is 11.2. The van der Waals surface area contributed by atoms with Crippen LogP contribution in [0.2, 0.25) is 5.02 Å². The summed E-state index contributed by atoms with van der Waals surface area (Å²) in [5.41, 5.74) is 1.87. The van der Waals surface area contributed by atoms with Crippen LogP contribution in [0.25, 0.3) is 5.57 Å². The van der Waals surface area contributed by atoms with Gasteiger partial charge < -0.3 is 4.74 Å². The number of halogens is 1. The molecule has 0 fully saturated rings. The van der Waals surface area contributed by atoms with E-state index in [1.54, 1.807) is 6.92 Å². The second-order valence-electron chi connectivity index (χ2n) is 3.42. The number of allylic oxidation sites excluding steroid dienone is 1. The summed E-state index contributed by atoms with van der Waals surface area (Å²) in [5.74, 6) is -0.189. The Balaban J connectivity index is 2.50. The fraction of sp³-hybridized carbons (Fsp3) is 0.308. The Morgan fingerprint density at radius 3 is 2.81 bits per heavy atom. The van der Waals surface area contributed by atoms with Gasteiger partial charge in [-0.25, -0.2) is 0 Å². The number of hydrogen-bond donors (Lipinski definition) is 0. The minimum atomic E-state index is -0.189. The van der Waals surface area contributed by atoms with Gasteiger partial charge in [0.05, 0.1) is 6.61 Å². The molecule has 3 heteroatoms. The summed E-state index contributed by atoms with van der Waals surface area (Å²) in [6, 6.07) is 7.45. The van der Waals surface area contributed by atoms with Gasteiger partial charge in [-0.3, -0.25) is 4.79 Å². The smallest absolute Gasteiger partial charge is 0.306 e. The maximum absolute atomic E-state index is 11.2. The first-order valence-electron chi connectivity index (χ1n) is 5.23. The van der Waals surface area contributed by atoms with Gasteiger partial charge in [0, 0.05) is 11.4 Å². The first-order chi connectivity index (χ1) is 7.63. The second kappa shape index (κ2) is 6.33. The van der Waals surface area contributed by atoms with E-state index in [-0.39, 0.29) is 5.97 Å². The molecule has 0 radical (unpaired) electrons. The van der Waals surface area contributed by atoms with Crippen molar-refractivity contribution in [3.63, 3.8) is 0 Å². The van der Waals surface area contributed by atoms with Gasteiger partial charge in [0.15, 0.2) is 0 Å². The van der Waals surface area contributed by atoms with Gasteiger partial charge >= 0.3 is 5.97 Å². The van der Waals surface area contributed by atoms with Crippen LogP contribution in [0.4, 0.5) is 0 Å². The quantitative estimate of drug-likeness (QED) is 0.732. The van der Waals surface area contributed by atoms with Gasteiger partial charge in [-0.1, -0.05) is 30.3 Å². The maximum Gasteiger partial charge on any atom is 0.306 e. The number of hydrogen-bond acceptors (Lipinski definition) is 2. The lowest BCUT2D eigenvalue weighted by molar-refractivity contribution is -0.142. The highest BCUT2D eigenvalue weighted by molar-refractivity contribution is 6.30. The Bertz CT molecular complexity index is 385. The van der Waals surface area contributed by atoms with Crippen LogP contribution in [-0.4, -0.2) is 12.6 Å². The van der Waals surface area contributed by atoms with Crippen LogP contribution in [0.3, 0.4) is 0 Å². The zero-order chi connectivity index (χ0) is 12.0. The third-order valence-corrected chi connectivity index (χ3v) is 2.40. The Morgan fingerprint density at radius 1 is 1.44 bits per heavy atom. The molecule has 16 heavy (non-hydrogen) atoms. The molecule has 1 rings (SSSR count). The van der Waals surface area contributed by atoms with Crippen LogP contribution in [-0.2, 0) is 9.53 Å². The molecule has 0 spiro atoms. The zero-order valence-electron chi connectivity index (χ0n) is 9.33. The number of benzene rings is 1. The van der Waals surface area contributed by atoms with Crippen LogP contribution >= 0.6 is 11.6 Å². The minimum Gasteiger partial charge on any atom is -0.466 e. The molecule has 0 atom stereocenters. The molecule has 0 aliphatic carbocycles. The molecular formula is C13H15ClO2. The molecular weight excluding hydrogens is 224 g/mol. The van der Waals surface area contributed by atoms with Gasteiger partial charge in [-0.15, -0.1) is 0 Å². The molecule has 0 saturated heterocycles. The monoisotopic (exact) mass is 238 g/mol. The van der Waals surface area contributed by atoms with E-state index >= 15 is 0 Å². The molecule has 2 nitrogen and oxygen atoms in total. The van der Waals surface area contributed by atoms with Crippen molar-refractivity contribution in [1.82, 2.24) is 0 Å². The van der Waals surface area contributed by atoms with Gasteiger partial charge in [-0.2, -0.15) is 0 Å². The van der Waals surface area contributed by atoms with Crippen molar-refractivity contribution in [2.75, 3.05) is 6.61 Å². The van der Waals surface area contributed by atoms with Crippen molar-refractivity contribution in [2.24, 2.45) is 0 Å². The molecule has 0 amide bonds. The zero-order valence-corrected chi connectivity index (χ0v) is 10.1. The van der Waals surface area contributed by atoms with Crippen LogP contribution in [0, 0.1) is 0 Å². The van der Waals surface area contributed by atoms with E-state index in [0.29, 0.717) is 24.5 Å². The third-order valence-electron chi connectivity index (χ3n) is 2.17. The van der Waals surface area contributed by atoms with Crippen LogP contribution in [0.15, 0.2) is 30.8 Å². The van der Waals surface area contributed by atoms with Gasteiger partial charge in [0.2, 0.25) is 0 Å². The molecule has 86 valence electrons. The van der Waals surface area contributed by atoms with E-state index in [1.165, 1.54) is 0 Å². The van der Waals surface area contributed by atoms with Crippen molar-refractivity contribution < 1.29 is 9.53 Å². The Kier molecular flexibility index (Phi) is 5.06. The van der Waals surface area contributed by atoms with Crippen LogP contribution in [0.5, 0.6) is 0 Å². The number of carbonyl (C=O) groups excluding carboxylic acids is 1. The molecule has 1 aromatic carbocycles. The van der Waals surface area contributed by atoms with E-state index in [4.69, 9.17) is 16.3 Å². The molecule has 0 aromatic heterocycles. The maximum atomic E-state index is 11.2. The lowest BCUT2D eigenvalue weighted by Crippen LogP contribution is -2.03. The van der Waals surface area contributed by atoms with E-state index in [2.05, 4.69) is 6.58 Å². The molecule has 0 unspecified atom stereocenters. The molecule has 0 N–H and O–H groups in total. The lowest BCUT2D eigenvalue weighted by atomic mass is 10.0. The number of rotatable bonds is 5. The highest BCUT2D eigenvalue weighted by Gasteiger charge is 2.05. The van der Waals surface area contributed by atoms with Crippen molar-refractivity contribution in [2.45, 2.75) is 19.8 Å². The van der Waals surface area contributed by atoms with E-state index in [9.17, 15) is 4.79 Å². The standard InChI is InChI=1S/C13H15ClO2/c1-3-16-13(15)8-7-10(2)11-5-4-6-12(14)9-11/h4-6,9H,2-3,7-8H2,1H3. The number of esters is 1. The number of ether oxygens (including phenoxy) is 1. The molecule has 0 saturated carbocycles. The van der Waals surface area contributed by atoms with Crippen LogP contribution in [0.1, 0.15) is 25.3 Å². The normalized spacial score (nSPS) is 9.88. The first kappa shape index (κ1) is 12.8. The van der Waals surface area contributed by atoms with E-state index in [0.717, 1.165) is 11.1 Å². The van der Waals surface area contributed by atoms with Crippen molar-refractivity contribution in [1.29, 1.82) is 0 Å². The summed E-state index contributed by atoms with van der Waals surface area (Å²) in [6.45, 7) is 6.15. The summed E-state index contributed by atoms with van der Waals surface area (Å²) >= 11 is 5.87. The molecule has 0 aliphatic rings. The highest BCUT2D eigenvalue weighted by atomic mass is 35.5. The van der Waals surface area contributed by atoms with Crippen LogP contribution < -0.4 is 0 Å². The predicted molar refractivity (Wildman–Crippen MR) is 66.4 cm³/mol. The van der Waals surface area contributed by atoms with Gasteiger partial charge in [0.1, 0.15) is 0 Å². The van der Waals surface area contributed by atoms with E-state index < -0.39 is 0 Å². The fourth-order valence-electron chi connectivity index (χ4n) is 1.34. The third kappa shape index (κ3) is 4.07. The first-order valence-corrected chi connectivity index (χ1v) is 5.60. The predicted octanol–water partition coefficient (Wildman–Crippen LogP) is 3.70. The number of carbonyl (C=O) groups is 1. The molecule has 1 aromatic rings. The highest BCUT2D eigenvalue weighted by Crippen LogP contribution is 2.21. The topological polar surface area (TPSA) is 26.3 Å². The molecule has 0 aliphatic heterocycles. The summed E-state index contributed by atoms with van der Waals surface area (Å²) in [5, 5.41) is 0.676. The van der Waals surface area contributed by atoms with Crippen molar-refractivity contribution in [3.8, 4) is 0 Å². The Hall–Kier alpha value is -1.28. The SMILES string of the molecule is C=C(CCC(=O)OCC)c1cccc(Cl)c1. The largest absolute Gasteiger partial charge is 0.466 e. The summed E-state index contributed by atoms with van der Waals surface area (Å²) in [6.07, 6.45) is 0.957. The van der Waals surface area contributed by atoms with Crippen molar-refractivity contribution in [3.05, 3.63) is 41.4 Å². The van der Waals surface area contributed by atoms with Gasteiger partial charge in [0.25, 0.3) is 0 Å². The minimum absolute atomic E-state index is 0.189. The Morgan fingerprint density at radius 2 is 2.19 bits per heavy atom. The molecule has 0 heterocycles. The van der Waals surface area contributed by atoms with Crippen molar-refractivity contribution >= 4 is 23.1 Å². The van der Waals surface area contributed by atoms with Gasteiger partial charge in [-0.05, 0) is 36.6 Å². The average Bonchev–Trinajstić information content (AvgIpc) is 2.26. The molecule has 0 bridgehead atoms. The average molecular weight is 239 g/mol.